The summed E-state index contributed by atoms with van der Waals surface area (Å²) in [6, 6.07) is 32.6. The lowest BCUT2D eigenvalue weighted by Crippen LogP contribution is -2.46. The van der Waals surface area contributed by atoms with E-state index >= 15 is 0 Å². The predicted molar refractivity (Wildman–Crippen MR) is 234 cm³/mol. The van der Waals surface area contributed by atoms with Gasteiger partial charge in [-0.05, 0) is 119 Å². The van der Waals surface area contributed by atoms with Gasteiger partial charge in [-0.1, -0.05) is 31.5 Å². The van der Waals surface area contributed by atoms with Gasteiger partial charge in [-0.3, -0.25) is 0 Å². The SMILES string of the molecule is CCC(C)n1ncn(-c2ccc(N3CCN(c4ccc(C)cc4)CC3)cc2)c1=O.CCC(C)n1ncn(-c2ccc(N3CCN(c4ccc(O)cc4)CC3)cc2)c1=O. The first-order valence-corrected chi connectivity index (χ1v) is 20.5. The topological polar surface area (TPSA) is 113 Å². The van der Waals surface area contributed by atoms with Crippen molar-refractivity contribution < 1.29 is 5.11 Å². The zero-order valence-corrected chi connectivity index (χ0v) is 34.4. The summed E-state index contributed by atoms with van der Waals surface area (Å²) in [5.41, 5.74) is 7.57. The van der Waals surface area contributed by atoms with E-state index < -0.39 is 0 Å². The third-order valence-electron chi connectivity index (χ3n) is 11.6. The average molecular weight is 785 g/mol. The van der Waals surface area contributed by atoms with E-state index in [-0.39, 0.29) is 23.5 Å². The van der Waals surface area contributed by atoms with Crippen LogP contribution in [-0.4, -0.2) is 86.2 Å². The van der Waals surface area contributed by atoms with Crippen LogP contribution in [0.5, 0.6) is 5.75 Å². The maximum absolute atomic E-state index is 12.6. The van der Waals surface area contributed by atoms with Gasteiger partial charge in [-0.15, -0.1) is 0 Å². The number of piperazine rings is 2. The molecule has 4 aromatic carbocycles. The first-order chi connectivity index (χ1) is 28.1. The van der Waals surface area contributed by atoms with Gasteiger partial charge in [0, 0.05) is 75.1 Å². The number of phenolic OH excluding ortho intramolecular Hbond substituents is 1. The molecular formula is C45H56N10O3. The summed E-state index contributed by atoms with van der Waals surface area (Å²) in [5.74, 6) is 0.293. The molecule has 2 saturated heterocycles. The Morgan fingerprint density at radius 3 is 1.07 bits per heavy atom. The zero-order chi connectivity index (χ0) is 40.8. The second-order valence-electron chi connectivity index (χ2n) is 15.3. The number of benzene rings is 4. The quantitative estimate of drug-likeness (QED) is 0.163. The average Bonchev–Trinajstić information content (AvgIpc) is 3.86. The Hall–Kier alpha value is -6.24. The molecule has 1 N–H and O–H groups in total. The van der Waals surface area contributed by atoms with Crippen LogP contribution in [0.1, 0.15) is 58.2 Å². The van der Waals surface area contributed by atoms with Crippen molar-refractivity contribution in [3.63, 3.8) is 0 Å². The molecule has 0 aliphatic carbocycles. The molecule has 0 amide bonds. The Bertz CT molecular complexity index is 2160. The standard InChI is InChI=1S/C23H29N5O.C22H27N5O2/c1-4-19(3)28-23(29)27(17-24-28)22-11-9-21(10-12-22)26-15-13-25(14-16-26)20-7-5-18(2)6-8-20;1-3-17(2)27-22(29)26(16-23-27)20-6-4-18(5-7-20)24-12-14-25(15-13-24)19-8-10-21(28)11-9-19/h5-12,17,19H,4,13-16H2,1-3H3;4-11,16-17,28H,3,12-15H2,1-2H3. The number of rotatable bonds is 10. The first kappa shape index (κ1) is 40.0. The fourth-order valence-electron chi connectivity index (χ4n) is 7.45. The maximum Gasteiger partial charge on any atom is 0.350 e. The smallest absolute Gasteiger partial charge is 0.350 e. The summed E-state index contributed by atoms with van der Waals surface area (Å²) < 4.78 is 6.30. The Balaban J connectivity index is 0.000000177. The van der Waals surface area contributed by atoms with Crippen molar-refractivity contribution in [1.29, 1.82) is 0 Å². The largest absolute Gasteiger partial charge is 0.508 e. The van der Waals surface area contributed by atoms with Gasteiger partial charge in [-0.2, -0.15) is 10.2 Å². The molecule has 0 radical (unpaired) electrons. The van der Waals surface area contributed by atoms with Crippen LogP contribution in [0.3, 0.4) is 0 Å². The van der Waals surface area contributed by atoms with Gasteiger partial charge in [0.2, 0.25) is 0 Å². The first-order valence-electron chi connectivity index (χ1n) is 20.5. The number of aromatic nitrogens is 6. The minimum atomic E-state index is -0.102. The molecule has 2 aliphatic rings. The normalized spacial score (nSPS) is 15.5. The second kappa shape index (κ2) is 17.9. The molecule has 2 aromatic heterocycles. The molecule has 4 heterocycles. The summed E-state index contributed by atoms with van der Waals surface area (Å²) in [6.45, 7) is 17.9. The third kappa shape index (κ3) is 8.83. The molecule has 13 nitrogen and oxygen atoms in total. The molecule has 8 rings (SSSR count). The van der Waals surface area contributed by atoms with Gasteiger partial charge >= 0.3 is 11.4 Å². The number of aryl methyl sites for hydroxylation is 1. The maximum atomic E-state index is 12.6. The summed E-state index contributed by atoms with van der Waals surface area (Å²) in [5, 5.41) is 18.0. The van der Waals surface area contributed by atoms with E-state index in [4.69, 9.17) is 0 Å². The van der Waals surface area contributed by atoms with Crippen molar-refractivity contribution in [1.82, 2.24) is 28.7 Å². The van der Waals surface area contributed by atoms with E-state index in [9.17, 15) is 14.7 Å². The molecule has 0 saturated carbocycles. The monoisotopic (exact) mass is 784 g/mol. The third-order valence-corrected chi connectivity index (χ3v) is 11.6. The van der Waals surface area contributed by atoms with Crippen molar-refractivity contribution in [3.05, 3.63) is 136 Å². The summed E-state index contributed by atoms with van der Waals surface area (Å²) >= 11 is 0. The fourth-order valence-corrected chi connectivity index (χ4v) is 7.45. The lowest BCUT2D eigenvalue weighted by atomic mass is 10.2. The molecule has 2 atom stereocenters. The lowest BCUT2D eigenvalue weighted by molar-refractivity contribution is 0.460. The summed E-state index contributed by atoms with van der Waals surface area (Å²) in [6.07, 6.45) is 4.96. The Labute approximate surface area is 340 Å². The van der Waals surface area contributed by atoms with Crippen LogP contribution >= 0.6 is 0 Å². The highest BCUT2D eigenvalue weighted by molar-refractivity contribution is 5.56. The van der Waals surface area contributed by atoms with Crippen molar-refractivity contribution in [3.8, 4) is 17.1 Å². The van der Waals surface area contributed by atoms with Crippen LogP contribution in [0.2, 0.25) is 0 Å². The van der Waals surface area contributed by atoms with Gasteiger partial charge in [0.05, 0.1) is 23.5 Å². The van der Waals surface area contributed by atoms with Crippen LogP contribution in [-0.2, 0) is 0 Å². The van der Waals surface area contributed by atoms with Crippen molar-refractivity contribution >= 4 is 22.7 Å². The number of hydrogen-bond donors (Lipinski definition) is 1. The number of hydrogen-bond acceptors (Lipinski definition) is 9. The van der Waals surface area contributed by atoms with Gasteiger partial charge in [-0.25, -0.2) is 28.1 Å². The molecular weight excluding hydrogens is 729 g/mol. The van der Waals surface area contributed by atoms with Crippen LogP contribution < -0.4 is 31.0 Å². The van der Waals surface area contributed by atoms with Crippen LogP contribution in [0.4, 0.5) is 22.7 Å². The molecule has 58 heavy (non-hydrogen) atoms. The van der Waals surface area contributed by atoms with Crippen molar-refractivity contribution in [2.45, 2.75) is 59.5 Å². The van der Waals surface area contributed by atoms with Crippen molar-refractivity contribution in [2.75, 3.05) is 72.0 Å². The summed E-state index contributed by atoms with van der Waals surface area (Å²) in [7, 11) is 0. The van der Waals surface area contributed by atoms with Gasteiger partial charge in [0.1, 0.15) is 18.4 Å². The minimum absolute atomic E-state index is 0.0844. The van der Waals surface area contributed by atoms with E-state index in [0.717, 1.165) is 87.9 Å². The zero-order valence-electron chi connectivity index (χ0n) is 34.4. The minimum Gasteiger partial charge on any atom is -0.508 e. The summed E-state index contributed by atoms with van der Waals surface area (Å²) in [4.78, 5) is 34.7. The Morgan fingerprint density at radius 2 is 0.759 bits per heavy atom. The highest BCUT2D eigenvalue weighted by Gasteiger charge is 2.20. The number of aromatic hydroxyl groups is 1. The number of anilines is 4. The van der Waals surface area contributed by atoms with Crippen LogP contribution in [0.25, 0.3) is 11.4 Å². The molecule has 0 spiro atoms. The van der Waals surface area contributed by atoms with E-state index in [1.54, 1.807) is 38.6 Å². The number of nitrogens with zero attached hydrogens (tertiary/aromatic N) is 10. The Morgan fingerprint density at radius 1 is 0.483 bits per heavy atom. The van der Waals surface area contributed by atoms with Gasteiger partial charge in [0.25, 0.3) is 0 Å². The highest BCUT2D eigenvalue weighted by atomic mass is 16.3. The second-order valence-corrected chi connectivity index (χ2v) is 15.3. The van der Waals surface area contributed by atoms with E-state index in [1.807, 2.05) is 57.2 Å². The molecule has 13 heteroatoms. The highest BCUT2D eigenvalue weighted by Crippen LogP contribution is 2.25. The molecule has 2 aliphatic heterocycles. The number of phenols is 1. The Kier molecular flexibility index (Phi) is 12.3. The molecule has 6 aromatic rings. The lowest BCUT2D eigenvalue weighted by Gasteiger charge is -2.37. The predicted octanol–water partition coefficient (Wildman–Crippen LogP) is 6.68. The molecule has 2 fully saturated rings. The van der Waals surface area contributed by atoms with Gasteiger partial charge < -0.3 is 24.7 Å². The molecule has 304 valence electrons. The van der Waals surface area contributed by atoms with Crippen LogP contribution in [0, 0.1) is 6.92 Å². The van der Waals surface area contributed by atoms with Crippen LogP contribution in [0.15, 0.2) is 119 Å². The van der Waals surface area contributed by atoms with Crippen molar-refractivity contribution in [2.24, 2.45) is 0 Å². The fraction of sp³-hybridized carbons (Fsp3) is 0.378. The van der Waals surface area contributed by atoms with E-state index in [2.05, 4.69) is 92.2 Å². The van der Waals surface area contributed by atoms with E-state index in [0.29, 0.717) is 5.75 Å². The van der Waals surface area contributed by atoms with E-state index in [1.165, 1.54) is 21.6 Å². The van der Waals surface area contributed by atoms with Gasteiger partial charge in [0.15, 0.2) is 0 Å². The molecule has 2 unspecified atom stereocenters. The molecule has 0 bridgehead atoms.